The molecule has 42 heavy (non-hydrogen) atoms. The van der Waals surface area contributed by atoms with Crippen molar-refractivity contribution in [2.45, 2.75) is 43.7 Å². The van der Waals surface area contributed by atoms with Gasteiger partial charge < -0.3 is 9.84 Å². The summed E-state index contributed by atoms with van der Waals surface area (Å²) >= 11 is 0. The highest BCUT2D eigenvalue weighted by Gasteiger charge is 2.28. The number of rotatable bonds is 7. The summed E-state index contributed by atoms with van der Waals surface area (Å²) in [6, 6.07) is 20.7. The second kappa shape index (κ2) is 11.0. The normalized spacial score (nSPS) is 17.9. The van der Waals surface area contributed by atoms with Crippen LogP contribution in [0, 0.1) is 6.92 Å². The predicted octanol–water partition coefficient (Wildman–Crippen LogP) is 5.67. The molecule has 0 amide bonds. The number of aliphatic hydroxyl groups is 1. The molecule has 2 aromatic carbocycles. The first kappa shape index (κ1) is 28.1. The Kier molecular flexibility index (Phi) is 7.34. The van der Waals surface area contributed by atoms with Gasteiger partial charge in [0.2, 0.25) is 5.88 Å². The van der Waals surface area contributed by atoms with Crippen LogP contribution in [0.1, 0.15) is 30.9 Å². The van der Waals surface area contributed by atoms with E-state index in [2.05, 4.69) is 39.1 Å². The zero-order chi connectivity index (χ0) is 29.5. The topological polar surface area (TPSA) is 97.5 Å². The SMILES string of the molecule is COc1ccc(-c2cn(S(=O)(=O)c3ccc(C)cc3)c3ncc(-c4ccc(CN5CCCC(C)(O)C5)cc4)cc23)cn1. The molecule has 9 heteroatoms. The first-order chi connectivity index (χ1) is 20.1. The Labute approximate surface area is 246 Å². The highest BCUT2D eigenvalue weighted by Crippen LogP contribution is 2.35. The maximum atomic E-state index is 13.8. The van der Waals surface area contributed by atoms with E-state index in [9.17, 15) is 13.5 Å². The lowest BCUT2D eigenvalue weighted by atomic mass is 9.94. The van der Waals surface area contributed by atoms with Gasteiger partial charge in [-0.05, 0) is 68.6 Å². The van der Waals surface area contributed by atoms with Gasteiger partial charge in [-0.25, -0.2) is 22.4 Å². The standard InChI is InChI=1S/C33H34N4O4S/c1-23-5-12-28(13-6-23)42(39,40)37-21-30(26-11-14-31(41-3)34-18-26)29-17-27(19-35-32(29)37)25-9-7-24(8-10-25)20-36-16-4-15-33(2,38)22-36/h5-14,17-19,21,38H,4,15-16,20,22H2,1-3H3. The molecule has 0 saturated carbocycles. The molecule has 0 bridgehead atoms. The van der Waals surface area contributed by atoms with Crippen molar-refractivity contribution in [2.75, 3.05) is 20.2 Å². The molecule has 1 aliphatic heterocycles. The number of hydrogen-bond acceptors (Lipinski definition) is 7. The van der Waals surface area contributed by atoms with Crippen molar-refractivity contribution in [1.29, 1.82) is 0 Å². The number of aromatic nitrogens is 3. The van der Waals surface area contributed by atoms with E-state index in [0.717, 1.165) is 48.2 Å². The van der Waals surface area contributed by atoms with Crippen LogP contribution in [0.25, 0.3) is 33.3 Å². The molecule has 216 valence electrons. The van der Waals surface area contributed by atoms with Gasteiger partial charge in [0.25, 0.3) is 10.0 Å². The van der Waals surface area contributed by atoms with Crippen LogP contribution >= 0.6 is 0 Å². The van der Waals surface area contributed by atoms with Gasteiger partial charge in [-0.2, -0.15) is 0 Å². The number of methoxy groups -OCH3 is 1. The molecule has 1 fully saturated rings. The molecular formula is C33H34N4O4S. The Balaban J connectivity index is 1.39. The minimum atomic E-state index is -3.90. The quantitative estimate of drug-likeness (QED) is 0.264. The molecule has 3 aromatic heterocycles. The van der Waals surface area contributed by atoms with Crippen LogP contribution in [0.2, 0.25) is 0 Å². The summed E-state index contributed by atoms with van der Waals surface area (Å²) in [5.74, 6) is 0.474. The molecular weight excluding hydrogens is 548 g/mol. The minimum Gasteiger partial charge on any atom is -0.481 e. The number of ether oxygens (including phenoxy) is 1. The molecule has 4 heterocycles. The second-order valence-corrected chi connectivity index (χ2v) is 13.2. The number of nitrogens with zero attached hydrogens (tertiary/aromatic N) is 4. The summed E-state index contributed by atoms with van der Waals surface area (Å²) in [4.78, 5) is 11.5. The van der Waals surface area contributed by atoms with Crippen LogP contribution in [-0.4, -0.2) is 58.2 Å². The lowest BCUT2D eigenvalue weighted by Crippen LogP contribution is -2.45. The van der Waals surface area contributed by atoms with E-state index in [1.54, 1.807) is 56.0 Å². The molecule has 5 aromatic rings. The maximum Gasteiger partial charge on any atom is 0.269 e. The number of fused-ring (bicyclic) bond motifs is 1. The molecule has 1 unspecified atom stereocenters. The van der Waals surface area contributed by atoms with Crippen LogP contribution in [0.5, 0.6) is 5.88 Å². The first-order valence-corrected chi connectivity index (χ1v) is 15.4. The van der Waals surface area contributed by atoms with Gasteiger partial charge in [0.05, 0.1) is 17.6 Å². The van der Waals surface area contributed by atoms with Crippen LogP contribution < -0.4 is 4.74 Å². The number of benzene rings is 2. The van der Waals surface area contributed by atoms with Gasteiger partial charge in [0, 0.05) is 59.8 Å². The van der Waals surface area contributed by atoms with E-state index >= 15 is 0 Å². The Morgan fingerprint density at radius 1 is 0.952 bits per heavy atom. The van der Waals surface area contributed by atoms with E-state index in [-0.39, 0.29) is 4.90 Å². The van der Waals surface area contributed by atoms with Crippen molar-refractivity contribution in [1.82, 2.24) is 18.8 Å². The molecule has 6 rings (SSSR count). The summed E-state index contributed by atoms with van der Waals surface area (Å²) < 4.78 is 34.0. The maximum absolute atomic E-state index is 13.8. The Hall–Kier alpha value is -4.05. The number of hydrogen-bond donors (Lipinski definition) is 1. The summed E-state index contributed by atoms with van der Waals surface area (Å²) in [5.41, 5.74) is 5.18. The third kappa shape index (κ3) is 5.55. The van der Waals surface area contributed by atoms with Crippen molar-refractivity contribution < 1.29 is 18.3 Å². The predicted molar refractivity (Wildman–Crippen MR) is 164 cm³/mol. The highest BCUT2D eigenvalue weighted by molar-refractivity contribution is 7.90. The third-order valence-electron chi connectivity index (χ3n) is 7.89. The molecule has 1 aliphatic rings. The number of pyridine rings is 2. The van der Waals surface area contributed by atoms with E-state index in [1.165, 1.54) is 9.54 Å². The van der Waals surface area contributed by atoms with Crippen molar-refractivity contribution >= 4 is 21.1 Å². The van der Waals surface area contributed by atoms with Gasteiger partial charge in [0.1, 0.15) is 0 Å². The third-order valence-corrected chi connectivity index (χ3v) is 9.56. The average molecular weight is 583 g/mol. The van der Waals surface area contributed by atoms with Crippen LogP contribution in [0.15, 0.2) is 90.2 Å². The molecule has 8 nitrogen and oxygen atoms in total. The number of likely N-dealkylation sites (tertiary alicyclic amines) is 1. The van der Waals surface area contributed by atoms with Crippen molar-refractivity contribution in [3.05, 3.63) is 96.4 Å². The summed E-state index contributed by atoms with van der Waals surface area (Å²) in [6.45, 7) is 6.25. The molecule has 0 spiro atoms. The van der Waals surface area contributed by atoms with Crippen molar-refractivity contribution in [2.24, 2.45) is 0 Å². The Bertz CT molecular complexity index is 1830. The monoisotopic (exact) mass is 582 g/mol. The summed E-state index contributed by atoms with van der Waals surface area (Å²) in [5, 5.41) is 11.2. The lowest BCUT2D eigenvalue weighted by molar-refractivity contribution is -0.0181. The smallest absolute Gasteiger partial charge is 0.269 e. The zero-order valence-corrected chi connectivity index (χ0v) is 24.8. The van der Waals surface area contributed by atoms with Crippen molar-refractivity contribution in [3.63, 3.8) is 0 Å². The first-order valence-electron chi connectivity index (χ1n) is 14.0. The Morgan fingerprint density at radius 3 is 2.33 bits per heavy atom. The van der Waals surface area contributed by atoms with Gasteiger partial charge in [0.15, 0.2) is 5.65 Å². The minimum absolute atomic E-state index is 0.195. The fourth-order valence-corrected chi connectivity index (χ4v) is 6.98. The van der Waals surface area contributed by atoms with Crippen LogP contribution in [-0.2, 0) is 16.6 Å². The number of β-amino-alcohol motifs (C(OH)–C–C–N with tert-alkyl or cyclic N) is 1. The van der Waals surface area contributed by atoms with Gasteiger partial charge in [-0.3, -0.25) is 4.90 Å². The fourth-order valence-electron chi connectivity index (χ4n) is 5.65. The molecule has 1 N–H and O–H groups in total. The van der Waals surface area contributed by atoms with E-state index in [4.69, 9.17) is 4.74 Å². The van der Waals surface area contributed by atoms with E-state index < -0.39 is 15.6 Å². The number of aryl methyl sites for hydroxylation is 1. The van der Waals surface area contributed by atoms with Gasteiger partial charge in [-0.1, -0.05) is 42.0 Å². The molecule has 1 atom stereocenters. The lowest BCUT2D eigenvalue weighted by Gasteiger charge is -2.36. The molecule has 0 aliphatic carbocycles. The zero-order valence-electron chi connectivity index (χ0n) is 24.0. The van der Waals surface area contributed by atoms with E-state index in [0.29, 0.717) is 29.0 Å². The van der Waals surface area contributed by atoms with Gasteiger partial charge in [-0.15, -0.1) is 0 Å². The summed E-state index contributed by atoms with van der Waals surface area (Å²) in [7, 11) is -2.35. The van der Waals surface area contributed by atoms with Crippen molar-refractivity contribution in [3.8, 4) is 28.1 Å². The van der Waals surface area contributed by atoms with Gasteiger partial charge >= 0.3 is 0 Å². The largest absolute Gasteiger partial charge is 0.481 e. The number of piperidine rings is 1. The average Bonchev–Trinajstić information content (AvgIpc) is 3.37. The Morgan fingerprint density at radius 2 is 1.67 bits per heavy atom. The molecule has 0 radical (unpaired) electrons. The van der Waals surface area contributed by atoms with Crippen LogP contribution in [0.3, 0.4) is 0 Å². The van der Waals surface area contributed by atoms with Crippen LogP contribution in [0.4, 0.5) is 0 Å². The molecule has 1 saturated heterocycles. The second-order valence-electron chi connectivity index (χ2n) is 11.3. The highest BCUT2D eigenvalue weighted by atomic mass is 32.2. The summed E-state index contributed by atoms with van der Waals surface area (Å²) in [6.07, 6.45) is 6.84. The fraction of sp³-hybridized carbons (Fsp3) is 0.273. The van der Waals surface area contributed by atoms with E-state index in [1.807, 2.05) is 26.0 Å².